The van der Waals surface area contributed by atoms with Gasteiger partial charge in [0.25, 0.3) is 0 Å². The lowest BCUT2D eigenvalue weighted by atomic mass is 9.84. The van der Waals surface area contributed by atoms with Crippen LogP contribution >= 0.6 is 0 Å². The maximum Gasteiger partial charge on any atom is -0.00694 e. The number of benzene rings is 20. The van der Waals surface area contributed by atoms with E-state index >= 15 is 0 Å². The second-order valence-corrected chi connectivity index (χ2v) is 43.6. The number of unbranched alkanes of at least 4 members (excludes halogenated alkanes) is 2. The van der Waals surface area contributed by atoms with E-state index in [-0.39, 0.29) is 0 Å². The second kappa shape index (κ2) is 41.5. The van der Waals surface area contributed by atoms with Gasteiger partial charge in [0.2, 0.25) is 0 Å². The minimum atomic E-state index is 1.07. The van der Waals surface area contributed by atoms with Crippen molar-refractivity contribution < 1.29 is 0 Å². The molecule has 0 radical (unpaired) electrons. The van der Waals surface area contributed by atoms with Crippen molar-refractivity contribution in [1.29, 1.82) is 0 Å². The van der Waals surface area contributed by atoms with E-state index in [1.807, 2.05) is 0 Å². The topological polar surface area (TPSA) is 0 Å². The lowest BCUT2D eigenvalue weighted by Crippen LogP contribution is -1.98. The monoisotopic (exact) mass is 1860 g/mol. The van der Waals surface area contributed by atoms with Gasteiger partial charge in [0, 0.05) is 0 Å². The predicted molar refractivity (Wildman–Crippen MR) is 633 cm³/mol. The van der Waals surface area contributed by atoms with Crippen LogP contribution in [0.4, 0.5) is 0 Å². The molecule has 20 rings (SSSR count). The van der Waals surface area contributed by atoms with Crippen LogP contribution in [0, 0.1) is 208 Å². The van der Waals surface area contributed by atoms with Crippen molar-refractivity contribution >= 4 is 108 Å². The summed E-state index contributed by atoms with van der Waals surface area (Å²) in [6.07, 6.45) is 9.47. The van der Waals surface area contributed by atoms with Crippen molar-refractivity contribution in [2.75, 3.05) is 0 Å². The van der Waals surface area contributed by atoms with Crippen molar-refractivity contribution in [2.24, 2.45) is 0 Å². The minimum Gasteiger partial charge on any atom is -0.0654 e. The molecule has 0 unspecified atom stereocenters. The van der Waals surface area contributed by atoms with E-state index in [2.05, 4.69) is 454 Å². The van der Waals surface area contributed by atoms with Crippen molar-refractivity contribution in [3.63, 3.8) is 0 Å². The highest BCUT2D eigenvalue weighted by Gasteiger charge is 2.25. The molecule has 0 bridgehead atoms. The molecule has 0 aromatic heterocycles. The maximum atomic E-state index is 2.52. The predicted octanol–water partition coefficient (Wildman–Crippen LogP) is 41.4. The fourth-order valence-electron chi connectivity index (χ4n) is 23.7. The molecule has 0 saturated carbocycles. The van der Waals surface area contributed by atoms with Gasteiger partial charge in [-0.3, -0.25) is 0 Å². The van der Waals surface area contributed by atoms with Crippen LogP contribution < -0.4 is 0 Å². The first-order chi connectivity index (χ1) is 67.5. The van der Waals surface area contributed by atoms with Crippen LogP contribution in [0.25, 0.3) is 163 Å². The minimum absolute atomic E-state index is 1.07. The molecule has 0 fully saturated rings. The van der Waals surface area contributed by atoms with E-state index in [4.69, 9.17) is 0 Å². The van der Waals surface area contributed by atoms with E-state index in [1.165, 1.54) is 391 Å². The van der Waals surface area contributed by atoms with Crippen LogP contribution in [0.3, 0.4) is 0 Å². The quantitative estimate of drug-likeness (QED) is 0.101. The molecular formula is C142H154. The van der Waals surface area contributed by atoms with Crippen LogP contribution in [0.5, 0.6) is 0 Å². The van der Waals surface area contributed by atoms with E-state index in [0.717, 1.165) is 12.8 Å². The van der Waals surface area contributed by atoms with Crippen LogP contribution in [-0.4, -0.2) is 0 Å². The number of hydrogen-bond donors (Lipinski definition) is 0. The lowest BCUT2D eigenvalue weighted by molar-refractivity contribution is 0.792. The first-order valence-corrected chi connectivity index (χ1v) is 52.8. The molecule has 20 aromatic rings. The van der Waals surface area contributed by atoms with Gasteiger partial charge < -0.3 is 0 Å². The summed E-state index contributed by atoms with van der Waals surface area (Å²) in [6, 6.07) is 85.1. The standard InChI is InChI=1S/C33H40.C29H32.2C27H28.C26H26/c1-8-10-12-26-19-30-29(17-23(26)5)25(7)33(28-15-21(3)14-22(4)16-28)32-18-24(6)27(13-11-9-2)20-31(30)32;1-8-22-15-26-25(13-19(22)5)21(7)29(24-11-17(3)10-18(4)12-24)28-14-20(6)23(9-2)16-27(26)28;2*1-15-8-16(2)10-22(9-15)27-21(7)23-11-17(3)18(4)12-24(23)25-13-19(5)20(6)14-26(25)27;1-15-7-8-22-23(12-15)20(6)26(21-10-16(2)9-17(3)11-21)25-14-19(5)18(4)13-24(22)25/h14-20H,8-13H2,1-7H3;10-16H,8-9H2,1-7H3;2*8-14H,1-7H3;7-14H,1-6H3. The fourth-order valence-corrected chi connectivity index (χ4v) is 23.7. The number of hydrogen-bond acceptors (Lipinski definition) is 0. The molecule has 0 heteroatoms. The zero-order chi connectivity index (χ0) is 102. The summed E-state index contributed by atoms with van der Waals surface area (Å²) < 4.78 is 0. The van der Waals surface area contributed by atoms with Gasteiger partial charge in [0.15, 0.2) is 0 Å². The lowest BCUT2D eigenvalue weighted by Gasteiger charge is -2.20. The molecule has 0 N–H and O–H groups in total. The Hall–Kier alpha value is -13.0. The average Bonchev–Trinajstić information content (AvgIpc) is 0.747. The first-order valence-electron chi connectivity index (χ1n) is 52.8. The molecule has 0 nitrogen and oxygen atoms in total. The molecule has 0 aliphatic rings. The Morgan fingerprint density at radius 3 is 0.535 bits per heavy atom. The second-order valence-electron chi connectivity index (χ2n) is 43.6. The normalized spacial score (nSPS) is 11.5. The SMILES string of the molecule is CCCCc1cc2c(cc1C)c(C)c(-c1cc(C)cc(C)c1)c1cc(C)c(CCCC)cc12.CCc1cc2c(cc1C)c(C)c(-c1cc(C)cc(C)c1)c1cc(C)c(CC)cc12.Cc1cc(C)cc(-c2c(C)c3cc(C)c(C)cc3c3cc(C)c(C)cc23)c1.Cc1cc(C)cc(-c2c(C)c3cc(C)c(C)cc3c3cc(C)c(C)cc23)c1.Cc1cc(C)cc(-c2c(C)c3cc(C)ccc3c3cc(C)c(C)cc23)c1. The molecule has 0 aliphatic carbocycles. The average molecular weight is 1860 g/mol. The van der Waals surface area contributed by atoms with Gasteiger partial charge in [0.1, 0.15) is 0 Å². The Morgan fingerprint density at radius 1 is 0.134 bits per heavy atom. The molecule has 0 amide bonds. The van der Waals surface area contributed by atoms with Crippen LogP contribution in [0.2, 0.25) is 0 Å². The molecule has 0 heterocycles. The van der Waals surface area contributed by atoms with E-state index < -0.39 is 0 Å². The van der Waals surface area contributed by atoms with Gasteiger partial charge in [-0.05, 0) is 538 Å². The van der Waals surface area contributed by atoms with Gasteiger partial charge in [-0.25, -0.2) is 0 Å². The Kier molecular flexibility index (Phi) is 29.8. The van der Waals surface area contributed by atoms with Crippen molar-refractivity contribution in [3.8, 4) is 55.6 Å². The Morgan fingerprint density at radius 2 is 0.303 bits per heavy atom. The maximum absolute atomic E-state index is 2.52. The van der Waals surface area contributed by atoms with Gasteiger partial charge in [-0.1, -0.05) is 320 Å². The Labute approximate surface area is 851 Å². The van der Waals surface area contributed by atoms with Crippen molar-refractivity contribution in [3.05, 3.63) is 408 Å². The van der Waals surface area contributed by atoms with Gasteiger partial charge in [-0.2, -0.15) is 0 Å². The smallest absolute Gasteiger partial charge is 0.00694 e. The largest absolute Gasteiger partial charge is 0.0654 e. The first kappa shape index (κ1) is 102. The highest BCUT2D eigenvalue weighted by Crippen LogP contribution is 2.49. The van der Waals surface area contributed by atoms with Crippen LogP contribution in [-0.2, 0) is 25.7 Å². The van der Waals surface area contributed by atoms with E-state index in [1.54, 1.807) is 0 Å². The third-order valence-electron chi connectivity index (χ3n) is 31.9. The third-order valence-corrected chi connectivity index (χ3v) is 31.9. The third kappa shape index (κ3) is 20.2. The molecule has 0 aliphatic heterocycles. The molecule has 0 atom stereocenters. The Bertz CT molecular complexity index is 8200. The summed E-state index contributed by atoms with van der Waals surface area (Å²) in [6.45, 7) is 76.1. The molecule has 722 valence electrons. The van der Waals surface area contributed by atoms with Crippen molar-refractivity contribution in [2.45, 2.75) is 287 Å². The van der Waals surface area contributed by atoms with Crippen molar-refractivity contribution in [1.82, 2.24) is 0 Å². The van der Waals surface area contributed by atoms with E-state index in [9.17, 15) is 0 Å². The fraction of sp³-hybridized carbons (Fsp3) is 0.296. The number of aryl methyl sites for hydroxylation is 34. The molecule has 0 saturated heterocycles. The number of rotatable bonds is 13. The summed E-state index contributed by atoms with van der Waals surface area (Å²) in [5.41, 5.74) is 60.3. The van der Waals surface area contributed by atoms with Crippen LogP contribution in [0.1, 0.15) is 243 Å². The highest BCUT2D eigenvalue weighted by molar-refractivity contribution is 6.22. The van der Waals surface area contributed by atoms with Gasteiger partial charge in [-0.15, -0.1) is 0 Å². The van der Waals surface area contributed by atoms with E-state index in [0.29, 0.717) is 0 Å². The summed E-state index contributed by atoms with van der Waals surface area (Å²) in [5.74, 6) is 0. The van der Waals surface area contributed by atoms with Gasteiger partial charge in [0.05, 0.1) is 0 Å². The molecule has 142 heavy (non-hydrogen) atoms. The number of fused-ring (bicyclic) bond motifs is 15. The Balaban J connectivity index is 0.000000128. The summed E-state index contributed by atoms with van der Waals surface area (Å²) in [4.78, 5) is 0. The molecule has 20 aromatic carbocycles. The molecule has 0 spiro atoms. The highest BCUT2D eigenvalue weighted by atomic mass is 14.3. The summed E-state index contributed by atoms with van der Waals surface area (Å²) >= 11 is 0. The zero-order valence-corrected chi connectivity index (χ0v) is 92.4. The van der Waals surface area contributed by atoms with Crippen LogP contribution in [0.15, 0.2) is 218 Å². The summed E-state index contributed by atoms with van der Waals surface area (Å²) in [5, 5.41) is 27.7. The van der Waals surface area contributed by atoms with Gasteiger partial charge >= 0.3 is 0 Å². The summed E-state index contributed by atoms with van der Waals surface area (Å²) in [7, 11) is 0. The zero-order valence-electron chi connectivity index (χ0n) is 92.4. The molecular weight excluding hydrogens is 1710 g/mol.